The van der Waals surface area contributed by atoms with Crippen molar-refractivity contribution in [3.63, 3.8) is 0 Å². The van der Waals surface area contributed by atoms with Gasteiger partial charge in [0.1, 0.15) is 28.9 Å². The number of piperidine rings is 2. The van der Waals surface area contributed by atoms with Crippen LogP contribution in [0.25, 0.3) is 27.0 Å². The number of anilines is 2. The molecule has 7 heterocycles. The van der Waals surface area contributed by atoms with Crippen molar-refractivity contribution >= 4 is 84.4 Å². The second-order valence-electron chi connectivity index (χ2n) is 32.0. The van der Waals surface area contributed by atoms with Gasteiger partial charge in [-0.25, -0.2) is 23.1 Å². The normalized spacial score (nSPS) is 19.1. The molecular weight excluding hydrogens is 1410 g/mol. The van der Waals surface area contributed by atoms with Gasteiger partial charge < -0.3 is 50.4 Å². The molecule has 0 saturated carbocycles. The molecule has 0 bridgehead atoms. The highest BCUT2D eigenvalue weighted by atomic mass is 35.5. The molecule has 0 spiro atoms. The molecule has 1 aliphatic carbocycles. The number of β-amino-alcohol motifs (C(OH)–C–C–N with tert-alkyl or cyclic N) is 1. The number of H-pyrrole nitrogens is 1. The number of piperazine rings is 1. The number of nitro groups is 1. The van der Waals surface area contributed by atoms with E-state index in [1.165, 1.54) is 67.1 Å². The fraction of sp³-hybridized carbons (Fsp3) is 0.524. The highest BCUT2D eigenvalue weighted by molar-refractivity contribution is 7.90. The molecule has 12 rings (SSSR count). The quantitative estimate of drug-likeness (QED) is 0.0134. The topological polar surface area (TPSA) is 264 Å². The number of aromatic nitrogens is 3. The first-order valence-corrected chi connectivity index (χ1v) is 41.4. The summed E-state index contributed by atoms with van der Waals surface area (Å²) in [7, 11) is -4.62. The van der Waals surface area contributed by atoms with E-state index in [1.54, 1.807) is 46.7 Å². The van der Waals surface area contributed by atoms with Crippen LogP contribution in [0.2, 0.25) is 5.02 Å². The van der Waals surface area contributed by atoms with Gasteiger partial charge in [0.25, 0.3) is 21.6 Å². The number of aryl methyl sites for hydroxylation is 1. The van der Waals surface area contributed by atoms with E-state index in [2.05, 4.69) is 81.2 Å². The van der Waals surface area contributed by atoms with Crippen molar-refractivity contribution in [3.05, 3.63) is 158 Å². The number of aliphatic hydroxyl groups excluding tert-OH is 1. The maximum Gasteiger partial charge on any atom is 0.293 e. The van der Waals surface area contributed by atoms with Crippen molar-refractivity contribution < 1.29 is 37.6 Å². The highest BCUT2D eigenvalue weighted by Crippen LogP contribution is 2.44. The standard InChI is InChI=1S/C82H108ClN13O9S2/c1-56-75(106-55-89-56)60-17-15-57(16-18-60)51-88-79(99)73-47-66(97)54-95(73)80(100)76(81(2,3)4)84-34-13-11-9-7-8-10-12-14-36-91-37-31-64(32-38-91)93-39-29-58(30-40-93)50-86-71-26-24-68(48-72(71)96(101)102)107(103,104)90-78(98)69-25-23-65(46-74(69)105-67-45-61-28-35-85-77(61)87-52-67)94-43-41-92(42-44-94)53-62-27-33-82(5,6)49-70(62)59-19-21-63(83)22-20-59/h15-26,28,35,45-46,48,52,55,58,64,66,73,76,84,86,97H,7-14,27,29-34,36-44,47,49-51,53-54H2,1-6H3,(H,85,87)(H,88,99)(H,90,98)/t66-,73+,76-/m1/s1. The zero-order chi connectivity index (χ0) is 75.4. The third-order valence-electron chi connectivity index (χ3n) is 22.5. The Morgan fingerprint density at radius 1 is 0.832 bits per heavy atom. The molecule has 0 radical (unpaired) electrons. The van der Waals surface area contributed by atoms with Crippen LogP contribution in [0.5, 0.6) is 11.5 Å². The number of rotatable bonds is 31. The number of halogens is 1. The fourth-order valence-electron chi connectivity index (χ4n) is 16.1. The predicted molar refractivity (Wildman–Crippen MR) is 426 cm³/mol. The first kappa shape index (κ1) is 78.8. The molecule has 3 atom stereocenters. The summed E-state index contributed by atoms with van der Waals surface area (Å²) >= 11 is 7.90. The van der Waals surface area contributed by atoms with Gasteiger partial charge in [0, 0.05) is 99.2 Å². The molecule has 4 aliphatic heterocycles. The molecule has 4 fully saturated rings. The maximum atomic E-state index is 14.3. The predicted octanol–water partition coefficient (Wildman–Crippen LogP) is 14.2. The number of amides is 3. The van der Waals surface area contributed by atoms with Crippen LogP contribution in [-0.4, -0.2) is 180 Å². The summed E-state index contributed by atoms with van der Waals surface area (Å²) in [5.41, 5.74) is 10.0. The molecule has 5 aliphatic rings. The number of aromatic amines is 1. The van der Waals surface area contributed by atoms with Gasteiger partial charge in [-0.15, -0.1) is 11.3 Å². The largest absolute Gasteiger partial charge is 0.455 e. The van der Waals surface area contributed by atoms with Gasteiger partial charge in [-0.1, -0.05) is 127 Å². The number of sulfonamides is 1. The molecule has 4 aromatic carbocycles. The molecule has 6 N–H and O–H groups in total. The molecule has 4 saturated heterocycles. The van der Waals surface area contributed by atoms with E-state index < -0.39 is 55.0 Å². The van der Waals surface area contributed by atoms with Gasteiger partial charge >= 0.3 is 0 Å². The Morgan fingerprint density at radius 3 is 2.24 bits per heavy atom. The van der Waals surface area contributed by atoms with E-state index >= 15 is 0 Å². The number of fused-ring (bicyclic) bond motifs is 1. The number of pyridine rings is 1. The van der Waals surface area contributed by atoms with Crippen molar-refractivity contribution in [3.8, 4) is 21.9 Å². The number of nitrogens with zero attached hydrogens (tertiary/aromatic N) is 8. The van der Waals surface area contributed by atoms with Crippen molar-refractivity contribution in [2.75, 3.05) is 95.3 Å². The molecule has 3 amide bonds. The molecule has 25 heteroatoms. The Hall–Kier alpha value is -7.81. The average Bonchev–Trinajstić information content (AvgIpc) is 1.76. The Balaban J connectivity index is 0.540. The fourth-order valence-corrected chi connectivity index (χ4v) is 18.1. The first-order valence-electron chi connectivity index (χ1n) is 38.6. The Morgan fingerprint density at radius 2 is 1.54 bits per heavy atom. The molecule has 574 valence electrons. The van der Waals surface area contributed by atoms with E-state index in [0.29, 0.717) is 50.2 Å². The molecule has 3 aromatic heterocycles. The smallest absolute Gasteiger partial charge is 0.293 e. The Bertz CT molecular complexity index is 4350. The second kappa shape index (κ2) is 35.7. The summed E-state index contributed by atoms with van der Waals surface area (Å²) in [6.45, 7) is 23.6. The monoisotopic (exact) mass is 1520 g/mol. The van der Waals surface area contributed by atoms with Crippen LogP contribution in [0, 0.1) is 33.8 Å². The minimum atomic E-state index is -4.62. The van der Waals surface area contributed by atoms with Gasteiger partial charge in [-0.2, -0.15) is 0 Å². The van der Waals surface area contributed by atoms with Crippen LogP contribution in [-0.2, 0) is 26.2 Å². The Kier molecular flexibility index (Phi) is 26.3. The van der Waals surface area contributed by atoms with Crippen LogP contribution >= 0.6 is 22.9 Å². The number of thiazole rings is 1. The summed E-state index contributed by atoms with van der Waals surface area (Å²) in [4.78, 5) is 78.1. The Labute approximate surface area is 640 Å². The number of nitrogens with one attached hydrogen (secondary N) is 5. The second-order valence-corrected chi connectivity index (χ2v) is 35.0. The maximum absolute atomic E-state index is 14.3. The zero-order valence-corrected chi connectivity index (χ0v) is 65.4. The van der Waals surface area contributed by atoms with Gasteiger partial charge in [-0.05, 0) is 192 Å². The van der Waals surface area contributed by atoms with Gasteiger partial charge in [0.2, 0.25) is 11.8 Å². The lowest BCUT2D eigenvalue weighted by molar-refractivity contribution is -0.384. The number of ether oxygens (including phenoxy) is 1. The summed E-state index contributed by atoms with van der Waals surface area (Å²) < 4.78 is 36.8. The number of benzene rings is 4. The van der Waals surface area contributed by atoms with E-state index in [-0.39, 0.29) is 53.1 Å². The minimum Gasteiger partial charge on any atom is -0.455 e. The number of hydrogen-bond donors (Lipinski definition) is 6. The number of carbonyl (C=O) groups excluding carboxylic acids is 3. The summed E-state index contributed by atoms with van der Waals surface area (Å²) in [6.07, 6.45) is 19.4. The lowest BCUT2D eigenvalue weighted by atomic mass is 9.72. The van der Waals surface area contributed by atoms with Crippen molar-refractivity contribution in [1.29, 1.82) is 0 Å². The van der Waals surface area contributed by atoms with E-state index in [4.69, 9.17) is 16.3 Å². The van der Waals surface area contributed by atoms with Crippen molar-refractivity contribution in [2.24, 2.45) is 16.7 Å². The van der Waals surface area contributed by atoms with Crippen LogP contribution in [0.15, 0.2) is 125 Å². The molecule has 0 unspecified atom stereocenters. The number of hydrogen-bond acceptors (Lipinski definition) is 18. The van der Waals surface area contributed by atoms with Crippen LogP contribution in [0.1, 0.15) is 165 Å². The van der Waals surface area contributed by atoms with Gasteiger partial charge in [0.15, 0.2) is 0 Å². The van der Waals surface area contributed by atoms with E-state index in [9.17, 15) is 38.0 Å². The van der Waals surface area contributed by atoms with Gasteiger partial charge in [0.05, 0.1) is 49.8 Å². The number of nitro benzene ring substituents is 1. The van der Waals surface area contributed by atoms with Gasteiger partial charge in [-0.3, -0.25) is 29.4 Å². The summed E-state index contributed by atoms with van der Waals surface area (Å²) in [5, 5.41) is 34.7. The summed E-state index contributed by atoms with van der Waals surface area (Å²) in [5.74, 6) is -0.586. The third-order valence-corrected chi connectivity index (χ3v) is 25.1. The third kappa shape index (κ3) is 20.8. The van der Waals surface area contributed by atoms with Crippen molar-refractivity contribution in [2.45, 2.75) is 180 Å². The van der Waals surface area contributed by atoms with Crippen LogP contribution in [0.4, 0.5) is 17.1 Å². The van der Waals surface area contributed by atoms with Crippen LogP contribution in [0.3, 0.4) is 0 Å². The molecular formula is C82H108ClN13O9S2. The zero-order valence-electron chi connectivity index (χ0n) is 63.1. The van der Waals surface area contributed by atoms with Crippen molar-refractivity contribution in [1.82, 2.24) is 49.9 Å². The first-order chi connectivity index (χ1) is 51.4. The number of aliphatic hydroxyl groups is 1. The molecule has 22 nitrogen and oxygen atoms in total. The number of allylic oxidation sites excluding steroid dienone is 1. The summed E-state index contributed by atoms with van der Waals surface area (Å²) in [6, 6.07) is 28.1. The number of carbonyl (C=O) groups is 3. The minimum absolute atomic E-state index is 0.0385. The lowest BCUT2D eigenvalue weighted by Gasteiger charge is -2.42. The molecule has 7 aromatic rings. The average molecular weight is 1520 g/mol. The molecule has 107 heavy (non-hydrogen) atoms. The van der Waals surface area contributed by atoms with E-state index in [1.807, 2.05) is 75.7 Å². The lowest BCUT2D eigenvalue weighted by Crippen LogP contribution is -2.56. The van der Waals surface area contributed by atoms with E-state index in [0.717, 1.165) is 160 Å². The number of likely N-dealkylation sites (tertiary alicyclic amines) is 3. The number of unbranched alkanes of at least 4 members (excludes halogenated alkanes) is 7. The van der Waals surface area contributed by atoms with Crippen LogP contribution < -0.4 is 30.3 Å². The SMILES string of the molecule is Cc1ncsc1-c1ccc(CNC(=O)[C@@H]2C[C@@H](O)CN2C(=O)[C@@H](NCCCCCCCCCCN2CCC(N3CCC(CNc4ccc(S(=O)(=O)NC(=O)c5ccc(N6CCN(CC7=C(c8ccc(Cl)cc8)CC(C)(C)CC7)CC6)cc5Oc5cnc6[nH]ccc6c5)cc4[N+](=O)[O-])CC3)CC2)C(C)(C)C)cc1. The highest BCUT2D eigenvalue weighted by Gasteiger charge is 2.44.